The fourth-order valence-corrected chi connectivity index (χ4v) is 5.42. The number of nitro groups is 1. The molecule has 1 aliphatic carbocycles. The lowest BCUT2D eigenvalue weighted by Gasteiger charge is -2.50. The van der Waals surface area contributed by atoms with Crippen molar-refractivity contribution in [1.82, 2.24) is 0 Å². The number of para-hydroxylation sites is 1. The number of esters is 1. The lowest BCUT2D eigenvalue weighted by molar-refractivity contribution is -0.386. The third-order valence-electron chi connectivity index (χ3n) is 5.99. The van der Waals surface area contributed by atoms with Gasteiger partial charge in [0.05, 0.1) is 16.6 Å². The second-order valence-electron chi connectivity index (χ2n) is 8.67. The van der Waals surface area contributed by atoms with Gasteiger partial charge in [0.25, 0.3) is 5.69 Å². The molecule has 1 fully saturated rings. The number of nitrogens with zero attached hydrogens (tertiary/aromatic N) is 1. The number of hydrogen-bond acceptors (Lipinski definition) is 5. The van der Waals surface area contributed by atoms with Crippen molar-refractivity contribution in [3.8, 4) is 0 Å². The fourth-order valence-electron chi connectivity index (χ4n) is 3.44. The van der Waals surface area contributed by atoms with Crippen LogP contribution in [0.15, 0.2) is 34.8 Å². The van der Waals surface area contributed by atoms with Crippen LogP contribution in [-0.2, 0) is 19.4 Å². The van der Waals surface area contributed by atoms with Gasteiger partial charge in [-0.2, -0.15) is 0 Å². The molecule has 0 N–H and O–H groups in total. The number of carbonyl (C=O) groups excluding carboxylic acids is 1. The first kappa shape index (κ1) is 20.2. The minimum absolute atomic E-state index is 0.0572. The minimum Gasteiger partial charge on any atom is -0.456 e. The van der Waals surface area contributed by atoms with E-state index in [0.717, 1.165) is 4.48 Å². The van der Waals surface area contributed by atoms with Crippen LogP contribution in [-0.4, -0.2) is 31.4 Å². The molecule has 0 saturated carbocycles. The molecule has 2 bridgehead atoms. The summed E-state index contributed by atoms with van der Waals surface area (Å²) in [6.07, 6.45) is 1.32. The van der Waals surface area contributed by atoms with Crippen molar-refractivity contribution in [2.24, 2.45) is 0 Å². The predicted molar refractivity (Wildman–Crippen MR) is 108 cm³/mol. The van der Waals surface area contributed by atoms with Gasteiger partial charge in [-0.05, 0) is 24.2 Å². The Bertz CT molecular complexity index is 832. The number of carbonyl (C=O) groups is 1. The molecule has 1 aromatic rings. The minimum atomic E-state index is -2.23. The van der Waals surface area contributed by atoms with Crippen molar-refractivity contribution in [3.05, 3.63) is 50.5 Å². The highest BCUT2D eigenvalue weighted by Crippen LogP contribution is 2.52. The lowest BCUT2D eigenvalue weighted by Crippen LogP contribution is -2.61. The topological polar surface area (TPSA) is 78.7 Å². The van der Waals surface area contributed by atoms with Crippen molar-refractivity contribution in [2.75, 3.05) is 0 Å². The summed E-state index contributed by atoms with van der Waals surface area (Å²) in [6.45, 7) is 10.6. The molecule has 8 heteroatoms. The molecule has 0 aromatic heterocycles. The summed E-state index contributed by atoms with van der Waals surface area (Å²) in [7, 11) is -2.23. The van der Waals surface area contributed by atoms with Crippen LogP contribution in [0.3, 0.4) is 0 Å². The van der Waals surface area contributed by atoms with Crippen LogP contribution in [0.1, 0.15) is 32.8 Å². The summed E-state index contributed by atoms with van der Waals surface area (Å²) >= 11 is 3.48. The molecular weight excluding hydrogens is 430 g/mol. The zero-order valence-corrected chi connectivity index (χ0v) is 18.7. The van der Waals surface area contributed by atoms with Gasteiger partial charge in [-0.1, -0.05) is 54.9 Å². The Hall–Kier alpha value is -1.51. The van der Waals surface area contributed by atoms with Gasteiger partial charge in [-0.3, -0.25) is 14.9 Å². The summed E-state index contributed by atoms with van der Waals surface area (Å²) < 4.78 is 12.9. The average molecular weight is 454 g/mol. The summed E-state index contributed by atoms with van der Waals surface area (Å²) in [4.78, 5) is 24.3. The van der Waals surface area contributed by atoms with Crippen LogP contribution in [0.4, 0.5) is 5.69 Å². The molecule has 27 heavy (non-hydrogen) atoms. The monoisotopic (exact) mass is 453 g/mol. The molecule has 4 rings (SSSR count). The normalized spacial score (nSPS) is 27.9. The highest BCUT2D eigenvalue weighted by Gasteiger charge is 2.60. The van der Waals surface area contributed by atoms with E-state index in [9.17, 15) is 14.9 Å². The van der Waals surface area contributed by atoms with E-state index in [-0.39, 0.29) is 10.7 Å². The first-order valence-corrected chi connectivity index (χ1v) is 12.6. The number of rotatable bonds is 4. The zero-order valence-electron chi connectivity index (χ0n) is 16.1. The highest BCUT2D eigenvalue weighted by molar-refractivity contribution is 9.11. The summed E-state index contributed by atoms with van der Waals surface area (Å²) in [6, 6.07) is 6.35. The molecule has 146 valence electrons. The largest absolute Gasteiger partial charge is 0.456 e. The van der Waals surface area contributed by atoms with Crippen molar-refractivity contribution >= 4 is 35.9 Å². The van der Waals surface area contributed by atoms with Gasteiger partial charge in [0.1, 0.15) is 11.5 Å². The quantitative estimate of drug-likeness (QED) is 0.282. The van der Waals surface area contributed by atoms with Gasteiger partial charge in [-0.25, -0.2) is 0 Å². The average Bonchev–Trinajstić information content (AvgIpc) is 2.55. The second kappa shape index (κ2) is 6.53. The van der Waals surface area contributed by atoms with Crippen molar-refractivity contribution < 1.29 is 18.9 Å². The SMILES string of the molecule is CC(C)(C)[Si](C)(C)O[C@@H]1C[C@@H]2OC(=O)[C@@]1(c1ccccc1[N+](=O)[O-])C=C2Br. The smallest absolute Gasteiger partial charge is 0.324 e. The second-order valence-corrected chi connectivity index (χ2v) is 14.3. The molecule has 0 spiro atoms. The van der Waals surface area contributed by atoms with Crippen molar-refractivity contribution in [1.29, 1.82) is 0 Å². The lowest BCUT2D eigenvalue weighted by atomic mass is 9.68. The molecule has 0 radical (unpaired) electrons. The van der Waals surface area contributed by atoms with Crippen molar-refractivity contribution in [2.45, 2.75) is 62.9 Å². The molecule has 6 nitrogen and oxygen atoms in total. The van der Waals surface area contributed by atoms with Crippen molar-refractivity contribution in [3.63, 3.8) is 0 Å². The van der Waals surface area contributed by atoms with Crippen LogP contribution in [0.5, 0.6) is 0 Å². The third kappa shape index (κ3) is 3.17. The molecule has 0 amide bonds. The number of nitro benzene ring substituents is 1. The Morgan fingerprint density at radius 1 is 1.33 bits per heavy atom. The molecular formula is C19H24BrNO5Si. The predicted octanol–water partition coefficient (Wildman–Crippen LogP) is 4.83. The van der Waals surface area contributed by atoms with Gasteiger partial charge < -0.3 is 9.16 Å². The van der Waals surface area contributed by atoms with Gasteiger partial charge in [-0.15, -0.1) is 0 Å². The Morgan fingerprint density at radius 2 is 1.96 bits per heavy atom. The number of hydrogen-bond donors (Lipinski definition) is 0. The Morgan fingerprint density at radius 3 is 2.56 bits per heavy atom. The number of ether oxygens (including phenoxy) is 1. The van der Waals surface area contributed by atoms with Gasteiger partial charge >= 0.3 is 5.97 Å². The Balaban J connectivity index is 2.19. The third-order valence-corrected chi connectivity index (χ3v) is 11.2. The fraction of sp³-hybridized carbons (Fsp3) is 0.526. The molecule has 0 unspecified atom stereocenters. The summed E-state index contributed by atoms with van der Waals surface area (Å²) in [5, 5.41) is 11.6. The summed E-state index contributed by atoms with van der Waals surface area (Å²) in [5.41, 5.74) is -1.11. The van der Waals surface area contributed by atoms with E-state index in [4.69, 9.17) is 9.16 Å². The van der Waals surface area contributed by atoms with Crippen LogP contribution in [0.25, 0.3) is 0 Å². The van der Waals surface area contributed by atoms with E-state index in [1.54, 1.807) is 24.3 Å². The molecule has 2 aliphatic heterocycles. The summed E-state index contributed by atoms with van der Waals surface area (Å²) in [5.74, 6) is -0.486. The van der Waals surface area contributed by atoms with Crippen LogP contribution < -0.4 is 0 Å². The standard InChI is InChI=1S/C19H24BrNO5Si/c1-18(2,3)27(4,5)26-16-10-15-13(20)11-19(16,17(22)25-15)12-8-6-7-9-14(12)21(23)24/h6-9,11,15-16H,10H2,1-5H3/t15-,16+,19+/m0/s1. The molecule has 1 saturated heterocycles. The van der Waals surface area contributed by atoms with E-state index in [0.29, 0.717) is 12.0 Å². The molecule has 1 aromatic carbocycles. The Labute approximate surface area is 168 Å². The number of halogens is 1. The van der Waals surface area contributed by atoms with Gasteiger partial charge in [0.2, 0.25) is 0 Å². The van der Waals surface area contributed by atoms with E-state index in [2.05, 4.69) is 49.8 Å². The van der Waals surface area contributed by atoms with E-state index < -0.39 is 36.8 Å². The molecule has 3 atom stereocenters. The van der Waals surface area contributed by atoms with Crippen LogP contribution >= 0.6 is 15.9 Å². The first-order valence-electron chi connectivity index (χ1n) is 8.91. The van der Waals surface area contributed by atoms with E-state index in [1.807, 2.05) is 0 Å². The highest BCUT2D eigenvalue weighted by atomic mass is 79.9. The number of fused-ring (bicyclic) bond motifs is 2. The van der Waals surface area contributed by atoms with E-state index in [1.165, 1.54) is 6.07 Å². The van der Waals surface area contributed by atoms with Gasteiger partial charge in [0.15, 0.2) is 8.32 Å². The van der Waals surface area contributed by atoms with Crippen LogP contribution in [0.2, 0.25) is 18.1 Å². The first-order chi connectivity index (χ1) is 12.4. The van der Waals surface area contributed by atoms with Gasteiger partial charge in [0, 0.05) is 17.0 Å². The maximum Gasteiger partial charge on any atom is 0.324 e. The number of benzene rings is 1. The zero-order chi connectivity index (χ0) is 20.2. The van der Waals surface area contributed by atoms with E-state index >= 15 is 0 Å². The maximum atomic E-state index is 13.1. The van der Waals surface area contributed by atoms with Crippen LogP contribution in [0, 0.1) is 10.1 Å². The molecule has 2 heterocycles. The Kier molecular flexibility index (Phi) is 4.89. The maximum absolute atomic E-state index is 13.1. The molecule has 3 aliphatic rings.